The molecule has 0 unspecified atom stereocenters. The molecule has 4 aromatic rings. The van der Waals surface area contributed by atoms with Gasteiger partial charge >= 0.3 is 0 Å². The van der Waals surface area contributed by atoms with E-state index in [0.29, 0.717) is 54.3 Å². The number of carbonyl (C=O) groups excluding carboxylic acids is 2. The van der Waals surface area contributed by atoms with Crippen LogP contribution >= 0.6 is 0 Å². The second-order valence-electron chi connectivity index (χ2n) is 8.55. The molecule has 2 aliphatic rings. The zero-order chi connectivity index (χ0) is 22.7. The van der Waals surface area contributed by atoms with Crippen LogP contribution in [0.1, 0.15) is 26.5 Å². The molecule has 0 bridgehead atoms. The zero-order valence-corrected chi connectivity index (χ0v) is 18.4. The van der Waals surface area contributed by atoms with E-state index in [2.05, 4.69) is 10.1 Å². The highest BCUT2D eigenvalue weighted by atomic mass is 16.5. The van der Waals surface area contributed by atoms with Crippen molar-refractivity contribution in [3.05, 3.63) is 65.6 Å². The molecule has 0 saturated carbocycles. The summed E-state index contributed by atoms with van der Waals surface area (Å²) in [7, 11) is 3.90. The Hall–Kier alpha value is -4.07. The minimum atomic E-state index is -0.114. The Morgan fingerprint density at radius 3 is 2.48 bits per heavy atom. The summed E-state index contributed by atoms with van der Waals surface area (Å²) in [6.07, 6.45) is 1.51. The van der Waals surface area contributed by atoms with Crippen LogP contribution in [0.15, 0.2) is 57.7 Å². The van der Waals surface area contributed by atoms with Crippen LogP contribution < -0.4 is 9.80 Å². The van der Waals surface area contributed by atoms with Crippen LogP contribution in [0.25, 0.3) is 22.2 Å². The fourth-order valence-corrected chi connectivity index (χ4v) is 4.82. The summed E-state index contributed by atoms with van der Waals surface area (Å²) >= 11 is 0. The predicted molar refractivity (Wildman–Crippen MR) is 124 cm³/mol. The maximum atomic E-state index is 13.7. The van der Waals surface area contributed by atoms with E-state index in [0.717, 1.165) is 22.3 Å². The molecule has 3 heterocycles. The molecule has 8 heteroatoms. The van der Waals surface area contributed by atoms with Crippen molar-refractivity contribution in [2.24, 2.45) is 0 Å². The van der Waals surface area contributed by atoms with Crippen molar-refractivity contribution in [3.8, 4) is 11.3 Å². The van der Waals surface area contributed by atoms with Crippen molar-refractivity contribution >= 4 is 34.0 Å². The molecular weight excluding hydrogens is 420 g/mol. The molecule has 0 radical (unpaired) electrons. The summed E-state index contributed by atoms with van der Waals surface area (Å²) < 4.78 is 11.1. The fraction of sp³-hybridized carbons (Fsp3) is 0.240. The third kappa shape index (κ3) is 2.87. The molecule has 1 amide bonds. The topological polar surface area (TPSA) is 83.0 Å². The minimum Gasteiger partial charge on any atom is -0.459 e. The zero-order valence-electron chi connectivity index (χ0n) is 18.4. The lowest BCUT2D eigenvalue weighted by molar-refractivity contribution is 0.0714. The molecule has 1 fully saturated rings. The van der Waals surface area contributed by atoms with E-state index in [1.807, 2.05) is 49.3 Å². The smallest absolute Gasteiger partial charge is 0.289 e. The Labute approximate surface area is 189 Å². The minimum absolute atomic E-state index is 0.0271. The number of furan rings is 1. The second-order valence-corrected chi connectivity index (χ2v) is 8.55. The van der Waals surface area contributed by atoms with Gasteiger partial charge in [0.2, 0.25) is 0 Å². The van der Waals surface area contributed by atoms with Crippen LogP contribution in [0.5, 0.6) is 0 Å². The van der Waals surface area contributed by atoms with Crippen LogP contribution in [0.2, 0.25) is 0 Å². The van der Waals surface area contributed by atoms with Gasteiger partial charge in [0.25, 0.3) is 5.91 Å². The lowest BCUT2D eigenvalue weighted by Gasteiger charge is -2.37. The molecule has 1 aliphatic carbocycles. The average molecular weight is 442 g/mol. The summed E-state index contributed by atoms with van der Waals surface area (Å²) in [5, 5.41) is 5.10. The quantitative estimate of drug-likeness (QED) is 0.422. The van der Waals surface area contributed by atoms with Gasteiger partial charge in [0.1, 0.15) is 5.52 Å². The van der Waals surface area contributed by atoms with Crippen molar-refractivity contribution in [1.82, 2.24) is 10.1 Å². The van der Waals surface area contributed by atoms with Crippen LogP contribution in [-0.2, 0) is 0 Å². The van der Waals surface area contributed by atoms with E-state index in [9.17, 15) is 9.59 Å². The number of benzene rings is 2. The summed E-state index contributed by atoms with van der Waals surface area (Å²) in [4.78, 5) is 32.3. The Bertz CT molecular complexity index is 1400. The van der Waals surface area contributed by atoms with Crippen LogP contribution in [-0.4, -0.2) is 62.0 Å². The van der Waals surface area contributed by atoms with E-state index in [1.165, 1.54) is 6.26 Å². The summed E-state index contributed by atoms with van der Waals surface area (Å²) in [5.74, 6) is 0.833. The number of amides is 1. The second kappa shape index (κ2) is 7.23. The van der Waals surface area contributed by atoms with Crippen LogP contribution in [0.3, 0.4) is 0 Å². The first kappa shape index (κ1) is 19.6. The summed E-state index contributed by atoms with van der Waals surface area (Å²) in [6, 6.07) is 12.9. The van der Waals surface area contributed by atoms with Gasteiger partial charge in [0, 0.05) is 51.4 Å². The van der Waals surface area contributed by atoms with Gasteiger partial charge in [0.05, 0.1) is 28.6 Å². The Morgan fingerprint density at radius 1 is 1.03 bits per heavy atom. The van der Waals surface area contributed by atoms with Crippen molar-refractivity contribution in [2.45, 2.75) is 0 Å². The monoisotopic (exact) mass is 442 g/mol. The highest BCUT2D eigenvalue weighted by Gasteiger charge is 2.35. The van der Waals surface area contributed by atoms with Gasteiger partial charge in [0.15, 0.2) is 17.3 Å². The van der Waals surface area contributed by atoms with Crippen molar-refractivity contribution < 1.29 is 18.5 Å². The molecule has 166 valence electrons. The standard InChI is InChI=1S/C25H22N4O4/c1-27(2)18-14-17(28-9-11-29(12-10-28)25(31)19-8-5-13-32-19)20-21-22(18)26-33-24(21)16-7-4-3-6-15(16)23(20)30/h3-8,13-14H,9-12H2,1-2H3. The van der Waals surface area contributed by atoms with Crippen molar-refractivity contribution in [1.29, 1.82) is 0 Å². The third-order valence-electron chi connectivity index (χ3n) is 6.48. The number of ketones is 1. The molecule has 6 rings (SSSR count). The average Bonchev–Trinajstić information content (AvgIpc) is 3.53. The summed E-state index contributed by atoms with van der Waals surface area (Å²) in [6.45, 7) is 2.28. The van der Waals surface area contributed by atoms with E-state index in [4.69, 9.17) is 8.94 Å². The Balaban J connectivity index is 1.43. The molecule has 2 aromatic carbocycles. The van der Waals surface area contributed by atoms with Gasteiger partial charge in [-0.05, 0) is 18.2 Å². The Kier molecular flexibility index (Phi) is 4.29. The molecule has 2 aromatic heterocycles. The Morgan fingerprint density at radius 2 is 1.79 bits per heavy atom. The number of anilines is 2. The first-order valence-electron chi connectivity index (χ1n) is 10.9. The van der Waals surface area contributed by atoms with Gasteiger partial charge in [-0.1, -0.05) is 29.4 Å². The lowest BCUT2D eigenvalue weighted by atomic mass is 9.86. The number of piperazine rings is 1. The maximum absolute atomic E-state index is 13.7. The van der Waals surface area contributed by atoms with Gasteiger partial charge in [-0.15, -0.1) is 0 Å². The van der Waals surface area contributed by atoms with E-state index in [-0.39, 0.29) is 11.7 Å². The predicted octanol–water partition coefficient (Wildman–Crippen LogP) is 3.66. The molecule has 0 atom stereocenters. The number of carbonyl (C=O) groups is 2. The van der Waals surface area contributed by atoms with E-state index >= 15 is 0 Å². The SMILES string of the molecule is CN(C)c1cc(N2CCN(C(=O)c3ccco3)CC2)c2c3c(onc13)-c1ccccc1C2=O. The fourth-order valence-electron chi connectivity index (χ4n) is 4.82. The van der Waals surface area contributed by atoms with Gasteiger partial charge in [-0.3, -0.25) is 9.59 Å². The molecular formula is C25H22N4O4. The van der Waals surface area contributed by atoms with Crippen molar-refractivity contribution in [3.63, 3.8) is 0 Å². The number of rotatable bonds is 3. The molecule has 33 heavy (non-hydrogen) atoms. The van der Waals surface area contributed by atoms with E-state index < -0.39 is 0 Å². The van der Waals surface area contributed by atoms with Gasteiger partial charge < -0.3 is 23.6 Å². The highest BCUT2D eigenvalue weighted by Crippen LogP contribution is 2.46. The number of hydrogen-bond acceptors (Lipinski definition) is 7. The largest absolute Gasteiger partial charge is 0.459 e. The molecule has 0 spiro atoms. The molecule has 1 saturated heterocycles. The number of fused-ring (bicyclic) bond motifs is 2. The lowest BCUT2D eigenvalue weighted by Crippen LogP contribution is -2.49. The van der Waals surface area contributed by atoms with Gasteiger partial charge in [-0.2, -0.15) is 0 Å². The number of nitrogens with zero attached hydrogens (tertiary/aromatic N) is 4. The van der Waals surface area contributed by atoms with Gasteiger partial charge in [-0.25, -0.2) is 0 Å². The molecule has 1 aliphatic heterocycles. The normalized spacial score (nSPS) is 15.2. The number of hydrogen-bond donors (Lipinski definition) is 0. The highest BCUT2D eigenvalue weighted by molar-refractivity contribution is 6.28. The first-order valence-corrected chi connectivity index (χ1v) is 10.9. The third-order valence-corrected chi connectivity index (χ3v) is 6.48. The molecule has 0 N–H and O–H groups in total. The molecule has 8 nitrogen and oxygen atoms in total. The number of aromatic nitrogens is 1. The summed E-state index contributed by atoms with van der Waals surface area (Å²) in [5.41, 5.74) is 4.43. The maximum Gasteiger partial charge on any atom is 0.289 e. The van der Waals surface area contributed by atoms with Crippen LogP contribution in [0, 0.1) is 0 Å². The van der Waals surface area contributed by atoms with Crippen LogP contribution in [0.4, 0.5) is 11.4 Å². The van der Waals surface area contributed by atoms with E-state index in [1.54, 1.807) is 17.0 Å². The van der Waals surface area contributed by atoms with Crippen molar-refractivity contribution in [2.75, 3.05) is 50.1 Å². The first-order chi connectivity index (χ1) is 16.0.